The second kappa shape index (κ2) is 9.38. The van der Waals surface area contributed by atoms with Crippen LogP contribution in [0.4, 0.5) is 5.69 Å². The molecule has 0 aliphatic heterocycles. The van der Waals surface area contributed by atoms with Gasteiger partial charge >= 0.3 is 5.97 Å². The molecule has 0 unspecified atom stereocenters. The Labute approximate surface area is 165 Å². The third-order valence-corrected chi connectivity index (χ3v) is 4.64. The van der Waals surface area contributed by atoms with E-state index in [4.69, 9.17) is 0 Å². The topological polar surface area (TPSA) is 73.1 Å². The van der Waals surface area contributed by atoms with Crippen molar-refractivity contribution in [2.24, 2.45) is 0 Å². The van der Waals surface area contributed by atoms with E-state index in [1.54, 1.807) is 0 Å². The van der Waals surface area contributed by atoms with Crippen molar-refractivity contribution < 1.29 is 9.90 Å². The molecule has 0 aliphatic rings. The minimum Gasteiger partial charge on any atom is -0.481 e. The first-order valence-corrected chi connectivity index (χ1v) is 9.30. The van der Waals surface area contributed by atoms with Crippen molar-refractivity contribution in [1.82, 2.24) is 0 Å². The standard InChI is InChI=1S/C24H22N2O2/c25-17-22-21(16-24(27)28)20(19-11-5-2-6-12-19)13-14-23(22)26-15-7-10-18-8-3-1-4-9-18/h1-6,8-9,11-14,26H,7,10,15-16H2,(H,27,28). The quantitative estimate of drug-likeness (QED) is 0.553. The zero-order valence-electron chi connectivity index (χ0n) is 15.6. The van der Waals surface area contributed by atoms with E-state index >= 15 is 0 Å². The number of nitrogens with zero attached hydrogens (tertiary/aromatic N) is 1. The largest absolute Gasteiger partial charge is 0.481 e. The Balaban J connectivity index is 1.81. The molecule has 0 aromatic heterocycles. The Morgan fingerprint density at radius 3 is 2.29 bits per heavy atom. The Bertz CT molecular complexity index is 977. The van der Waals surface area contributed by atoms with Crippen molar-refractivity contribution >= 4 is 11.7 Å². The second-order valence-corrected chi connectivity index (χ2v) is 6.58. The number of nitriles is 1. The molecule has 0 aliphatic carbocycles. The van der Waals surface area contributed by atoms with Gasteiger partial charge in [-0.05, 0) is 41.2 Å². The summed E-state index contributed by atoms with van der Waals surface area (Å²) in [6.07, 6.45) is 1.68. The number of carbonyl (C=O) groups is 1. The molecule has 0 saturated heterocycles. The number of hydrogen-bond acceptors (Lipinski definition) is 3. The fourth-order valence-electron chi connectivity index (χ4n) is 3.31. The van der Waals surface area contributed by atoms with Crippen LogP contribution in [0.25, 0.3) is 11.1 Å². The van der Waals surface area contributed by atoms with E-state index in [0.29, 0.717) is 23.4 Å². The van der Waals surface area contributed by atoms with E-state index < -0.39 is 5.97 Å². The molecule has 0 heterocycles. The average Bonchev–Trinajstić information content (AvgIpc) is 2.72. The molecule has 3 aromatic carbocycles. The first-order chi connectivity index (χ1) is 13.7. The highest BCUT2D eigenvalue weighted by Gasteiger charge is 2.17. The molecule has 3 aromatic rings. The molecule has 0 fully saturated rings. The van der Waals surface area contributed by atoms with E-state index in [2.05, 4.69) is 23.5 Å². The van der Waals surface area contributed by atoms with Gasteiger partial charge in [-0.25, -0.2) is 0 Å². The number of benzene rings is 3. The van der Waals surface area contributed by atoms with Gasteiger partial charge in [0.25, 0.3) is 0 Å². The van der Waals surface area contributed by atoms with Crippen molar-refractivity contribution in [3.63, 3.8) is 0 Å². The first kappa shape index (κ1) is 19.2. The number of anilines is 1. The average molecular weight is 370 g/mol. The fourth-order valence-corrected chi connectivity index (χ4v) is 3.31. The van der Waals surface area contributed by atoms with E-state index in [-0.39, 0.29) is 6.42 Å². The van der Waals surface area contributed by atoms with Crippen molar-refractivity contribution in [3.05, 3.63) is 89.5 Å². The molecular formula is C24H22N2O2. The highest BCUT2D eigenvalue weighted by Crippen LogP contribution is 2.31. The van der Waals surface area contributed by atoms with Crippen LogP contribution in [0.15, 0.2) is 72.8 Å². The lowest BCUT2D eigenvalue weighted by Gasteiger charge is -2.15. The van der Waals surface area contributed by atoms with Gasteiger partial charge in [0.2, 0.25) is 0 Å². The summed E-state index contributed by atoms with van der Waals surface area (Å²) in [6.45, 7) is 0.709. The van der Waals surface area contributed by atoms with Gasteiger partial charge in [-0.15, -0.1) is 0 Å². The normalized spacial score (nSPS) is 10.2. The number of aliphatic carboxylic acids is 1. The van der Waals surface area contributed by atoms with E-state index in [0.717, 1.165) is 24.0 Å². The lowest BCUT2D eigenvalue weighted by Crippen LogP contribution is -2.09. The minimum atomic E-state index is -0.949. The third kappa shape index (κ3) is 4.77. The lowest BCUT2D eigenvalue weighted by atomic mass is 9.92. The summed E-state index contributed by atoms with van der Waals surface area (Å²) < 4.78 is 0. The molecule has 0 spiro atoms. The van der Waals surface area contributed by atoms with E-state index in [9.17, 15) is 15.2 Å². The summed E-state index contributed by atoms with van der Waals surface area (Å²) in [6, 6.07) is 25.8. The Morgan fingerprint density at radius 2 is 1.64 bits per heavy atom. The van der Waals surface area contributed by atoms with Crippen LogP contribution in [0.2, 0.25) is 0 Å². The summed E-state index contributed by atoms with van der Waals surface area (Å²) in [5.74, 6) is -0.949. The molecule has 0 radical (unpaired) electrons. The van der Waals surface area contributed by atoms with Crippen molar-refractivity contribution in [2.75, 3.05) is 11.9 Å². The maximum absolute atomic E-state index is 11.4. The maximum Gasteiger partial charge on any atom is 0.307 e. The van der Waals surface area contributed by atoms with Crippen LogP contribution in [-0.2, 0) is 17.6 Å². The van der Waals surface area contributed by atoms with Gasteiger partial charge in [-0.2, -0.15) is 5.26 Å². The number of rotatable bonds is 8. The molecule has 0 atom stereocenters. The fraction of sp³-hybridized carbons (Fsp3) is 0.167. The Morgan fingerprint density at radius 1 is 0.964 bits per heavy atom. The highest BCUT2D eigenvalue weighted by molar-refractivity contribution is 5.82. The van der Waals surface area contributed by atoms with Gasteiger partial charge < -0.3 is 10.4 Å². The molecule has 28 heavy (non-hydrogen) atoms. The summed E-state index contributed by atoms with van der Waals surface area (Å²) in [5.41, 5.74) is 4.61. The molecule has 0 amide bonds. The van der Waals surface area contributed by atoms with Gasteiger partial charge in [0.1, 0.15) is 6.07 Å². The monoisotopic (exact) mass is 370 g/mol. The Hall–Kier alpha value is -3.58. The van der Waals surface area contributed by atoms with Crippen LogP contribution in [0, 0.1) is 11.3 Å². The lowest BCUT2D eigenvalue weighted by molar-refractivity contribution is -0.136. The van der Waals surface area contributed by atoms with E-state index in [1.165, 1.54) is 5.56 Å². The van der Waals surface area contributed by atoms with Gasteiger partial charge in [0.15, 0.2) is 0 Å². The number of nitrogens with one attached hydrogen (secondary N) is 1. The molecule has 0 bridgehead atoms. The van der Waals surface area contributed by atoms with E-state index in [1.807, 2.05) is 60.7 Å². The summed E-state index contributed by atoms with van der Waals surface area (Å²) in [5, 5.41) is 22.4. The third-order valence-electron chi connectivity index (χ3n) is 4.64. The van der Waals surface area contributed by atoms with Crippen molar-refractivity contribution in [2.45, 2.75) is 19.3 Å². The second-order valence-electron chi connectivity index (χ2n) is 6.58. The molecular weight excluding hydrogens is 348 g/mol. The van der Waals surface area contributed by atoms with Gasteiger partial charge in [-0.3, -0.25) is 4.79 Å². The summed E-state index contributed by atoms with van der Waals surface area (Å²) >= 11 is 0. The number of hydrogen-bond donors (Lipinski definition) is 2. The number of aryl methyl sites for hydroxylation is 1. The van der Waals surface area contributed by atoms with Crippen molar-refractivity contribution in [1.29, 1.82) is 5.26 Å². The van der Waals surface area contributed by atoms with Gasteiger partial charge in [0.05, 0.1) is 17.7 Å². The van der Waals surface area contributed by atoms with Crippen LogP contribution in [0.5, 0.6) is 0 Å². The number of carboxylic acids is 1. The first-order valence-electron chi connectivity index (χ1n) is 9.30. The Kier molecular flexibility index (Phi) is 6.43. The molecule has 4 heteroatoms. The zero-order valence-corrected chi connectivity index (χ0v) is 15.6. The van der Waals surface area contributed by atoms with Gasteiger partial charge in [0, 0.05) is 6.54 Å². The van der Waals surface area contributed by atoms with Crippen LogP contribution in [0.1, 0.15) is 23.1 Å². The smallest absolute Gasteiger partial charge is 0.307 e. The highest BCUT2D eigenvalue weighted by atomic mass is 16.4. The summed E-state index contributed by atoms with van der Waals surface area (Å²) in [4.78, 5) is 11.4. The summed E-state index contributed by atoms with van der Waals surface area (Å²) in [7, 11) is 0. The zero-order chi connectivity index (χ0) is 19.8. The molecule has 140 valence electrons. The molecule has 4 nitrogen and oxygen atoms in total. The van der Waals surface area contributed by atoms with Crippen LogP contribution >= 0.6 is 0 Å². The predicted octanol–water partition coefficient (Wildman–Crippen LogP) is 4.90. The predicted molar refractivity (Wildman–Crippen MR) is 111 cm³/mol. The molecule has 0 saturated carbocycles. The number of carboxylic acid groups (broad SMARTS) is 1. The van der Waals surface area contributed by atoms with Crippen LogP contribution in [0.3, 0.4) is 0 Å². The molecule has 3 rings (SSSR count). The SMILES string of the molecule is N#Cc1c(NCCCc2ccccc2)ccc(-c2ccccc2)c1CC(=O)O. The van der Waals surface area contributed by atoms with Crippen LogP contribution in [-0.4, -0.2) is 17.6 Å². The maximum atomic E-state index is 11.4. The van der Waals surface area contributed by atoms with Gasteiger partial charge in [-0.1, -0.05) is 66.7 Å². The molecule has 2 N–H and O–H groups in total. The minimum absolute atomic E-state index is 0.188. The van der Waals surface area contributed by atoms with Crippen LogP contribution < -0.4 is 5.32 Å². The van der Waals surface area contributed by atoms with Crippen molar-refractivity contribution in [3.8, 4) is 17.2 Å².